The fourth-order valence-corrected chi connectivity index (χ4v) is 3.47. The molecule has 0 bridgehead atoms. The van der Waals surface area contributed by atoms with Gasteiger partial charge in [0.2, 0.25) is 0 Å². The normalized spacial score (nSPS) is 24.3. The summed E-state index contributed by atoms with van der Waals surface area (Å²) in [4.78, 5) is 11.8. The third-order valence-electron chi connectivity index (χ3n) is 5.07. The molecule has 23 heavy (non-hydrogen) atoms. The number of carbonyl (C=O) groups is 1. The third-order valence-corrected chi connectivity index (χ3v) is 5.07. The van der Waals surface area contributed by atoms with Crippen molar-refractivity contribution in [3.63, 3.8) is 0 Å². The molecule has 0 unspecified atom stereocenters. The van der Waals surface area contributed by atoms with Crippen LogP contribution in [0.25, 0.3) is 0 Å². The molecule has 1 aliphatic carbocycles. The highest BCUT2D eigenvalue weighted by molar-refractivity contribution is 5.78. The van der Waals surface area contributed by atoms with Crippen LogP contribution in [-0.2, 0) is 4.79 Å². The van der Waals surface area contributed by atoms with Crippen LogP contribution in [0.1, 0.15) is 122 Å². The average molecular weight is 321 g/mol. The maximum absolute atomic E-state index is 11.8. The molecule has 0 spiro atoms. The summed E-state index contributed by atoms with van der Waals surface area (Å²) in [5.74, 6) is 0.513. The second kappa shape index (κ2) is 16.3. The third kappa shape index (κ3) is 14.7. The maximum Gasteiger partial charge on any atom is 0.132 e. The van der Waals surface area contributed by atoms with Crippen LogP contribution >= 0.6 is 0 Å². The molecular formula is C22H40O. The zero-order chi connectivity index (χ0) is 16.4. The van der Waals surface area contributed by atoms with E-state index in [0.717, 1.165) is 25.7 Å². The molecule has 0 saturated carbocycles. The van der Waals surface area contributed by atoms with Crippen molar-refractivity contribution in [2.75, 3.05) is 0 Å². The molecule has 1 nitrogen and oxygen atoms in total. The van der Waals surface area contributed by atoms with E-state index in [9.17, 15) is 4.79 Å². The minimum Gasteiger partial charge on any atom is -0.300 e. The Hall–Kier alpha value is -0.590. The largest absolute Gasteiger partial charge is 0.300 e. The summed E-state index contributed by atoms with van der Waals surface area (Å²) in [5, 5.41) is 0. The summed E-state index contributed by atoms with van der Waals surface area (Å²) < 4.78 is 0. The molecule has 134 valence electrons. The number of hydrogen-bond acceptors (Lipinski definition) is 1. The summed E-state index contributed by atoms with van der Waals surface area (Å²) in [6.45, 7) is 0. The van der Waals surface area contributed by atoms with Gasteiger partial charge >= 0.3 is 0 Å². The van der Waals surface area contributed by atoms with Gasteiger partial charge in [-0.3, -0.25) is 4.79 Å². The Bertz CT molecular complexity index is 292. The first-order chi connectivity index (χ1) is 11.4. The van der Waals surface area contributed by atoms with Gasteiger partial charge < -0.3 is 0 Å². The van der Waals surface area contributed by atoms with Gasteiger partial charge in [-0.25, -0.2) is 0 Å². The van der Waals surface area contributed by atoms with Crippen LogP contribution in [0, 0.1) is 0 Å². The molecule has 1 heteroatoms. The SMILES string of the molecule is O=C1CCCCCCCCC/C=C\CCCCCCCCCC1. The van der Waals surface area contributed by atoms with Gasteiger partial charge in [-0.05, 0) is 38.5 Å². The van der Waals surface area contributed by atoms with Gasteiger partial charge in [-0.15, -0.1) is 0 Å². The molecule has 0 radical (unpaired) electrons. The van der Waals surface area contributed by atoms with E-state index < -0.39 is 0 Å². The second-order valence-electron chi connectivity index (χ2n) is 7.39. The van der Waals surface area contributed by atoms with E-state index in [1.807, 2.05) is 0 Å². The molecule has 0 saturated heterocycles. The fraction of sp³-hybridized carbons (Fsp3) is 0.864. The average Bonchev–Trinajstić information content (AvgIpc) is 2.55. The minimum atomic E-state index is 0.513. The summed E-state index contributed by atoms with van der Waals surface area (Å²) >= 11 is 0. The summed E-state index contributed by atoms with van der Waals surface area (Å²) in [6, 6.07) is 0. The van der Waals surface area contributed by atoms with Crippen molar-refractivity contribution >= 4 is 5.78 Å². The highest BCUT2D eigenvalue weighted by Gasteiger charge is 2.02. The van der Waals surface area contributed by atoms with Crippen molar-refractivity contribution in [2.24, 2.45) is 0 Å². The maximum atomic E-state index is 11.8. The fourth-order valence-electron chi connectivity index (χ4n) is 3.47. The van der Waals surface area contributed by atoms with Crippen LogP contribution in [0.15, 0.2) is 12.2 Å². The van der Waals surface area contributed by atoms with Crippen LogP contribution in [0.4, 0.5) is 0 Å². The lowest BCUT2D eigenvalue weighted by atomic mass is 10.0. The zero-order valence-corrected chi connectivity index (χ0v) is 15.5. The van der Waals surface area contributed by atoms with E-state index in [-0.39, 0.29) is 0 Å². The van der Waals surface area contributed by atoms with Crippen molar-refractivity contribution in [1.82, 2.24) is 0 Å². The molecule has 0 aromatic rings. The molecule has 0 atom stereocenters. The molecule has 1 rings (SSSR count). The lowest BCUT2D eigenvalue weighted by Gasteiger charge is -2.04. The van der Waals surface area contributed by atoms with Gasteiger partial charge in [0.1, 0.15) is 5.78 Å². The Morgan fingerprint density at radius 2 is 0.739 bits per heavy atom. The van der Waals surface area contributed by atoms with Crippen LogP contribution in [-0.4, -0.2) is 5.78 Å². The zero-order valence-electron chi connectivity index (χ0n) is 15.5. The molecule has 0 aromatic carbocycles. The molecule has 0 aliphatic heterocycles. The van der Waals surface area contributed by atoms with Crippen LogP contribution in [0.5, 0.6) is 0 Å². The predicted octanol–water partition coefficient (Wildman–Crippen LogP) is 7.54. The van der Waals surface area contributed by atoms with Gasteiger partial charge in [-0.2, -0.15) is 0 Å². The topological polar surface area (TPSA) is 17.1 Å². The van der Waals surface area contributed by atoms with Crippen LogP contribution in [0.2, 0.25) is 0 Å². The van der Waals surface area contributed by atoms with Gasteiger partial charge in [0.25, 0.3) is 0 Å². The van der Waals surface area contributed by atoms with Crippen molar-refractivity contribution in [2.45, 2.75) is 122 Å². The van der Waals surface area contributed by atoms with Gasteiger partial charge in [0.05, 0.1) is 0 Å². The van der Waals surface area contributed by atoms with Crippen LogP contribution in [0.3, 0.4) is 0 Å². The Kier molecular flexibility index (Phi) is 14.5. The smallest absolute Gasteiger partial charge is 0.132 e. The minimum absolute atomic E-state index is 0.513. The summed E-state index contributed by atoms with van der Waals surface area (Å²) in [7, 11) is 0. The van der Waals surface area contributed by atoms with Crippen molar-refractivity contribution in [3.05, 3.63) is 12.2 Å². The van der Waals surface area contributed by atoms with E-state index in [4.69, 9.17) is 0 Å². The Labute approximate surface area is 145 Å². The van der Waals surface area contributed by atoms with E-state index in [0.29, 0.717) is 5.78 Å². The highest BCUT2D eigenvalue weighted by Crippen LogP contribution is 2.14. The molecular weight excluding hydrogens is 280 g/mol. The number of rotatable bonds is 0. The van der Waals surface area contributed by atoms with E-state index in [1.54, 1.807) is 0 Å². The first-order valence-electron chi connectivity index (χ1n) is 10.6. The number of hydrogen-bond donors (Lipinski definition) is 0. The van der Waals surface area contributed by atoms with Crippen LogP contribution < -0.4 is 0 Å². The van der Waals surface area contributed by atoms with Gasteiger partial charge in [-0.1, -0.05) is 82.8 Å². The molecule has 0 N–H and O–H groups in total. The quantitative estimate of drug-likeness (QED) is 0.421. The highest BCUT2D eigenvalue weighted by atomic mass is 16.1. The predicted molar refractivity (Wildman–Crippen MR) is 102 cm³/mol. The molecule has 0 aromatic heterocycles. The van der Waals surface area contributed by atoms with Crippen molar-refractivity contribution < 1.29 is 4.79 Å². The number of carbonyl (C=O) groups excluding carboxylic acids is 1. The Morgan fingerprint density at radius 1 is 0.435 bits per heavy atom. The molecule has 0 heterocycles. The first kappa shape index (κ1) is 20.5. The lowest BCUT2D eigenvalue weighted by molar-refractivity contribution is -0.119. The van der Waals surface area contributed by atoms with E-state index in [1.165, 1.54) is 96.3 Å². The Morgan fingerprint density at radius 3 is 1.13 bits per heavy atom. The number of ketones is 1. The second-order valence-corrected chi connectivity index (χ2v) is 7.39. The number of Topliss-reactive ketones (excluding diaryl/α,β-unsaturated/α-hetero) is 1. The lowest BCUT2D eigenvalue weighted by Crippen LogP contribution is -1.97. The molecule has 1 aliphatic rings. The monoisotopic (exact) mass is 320 g/mol. The Balaban J connectivity index is 2.13. The number of allylic oxidation sites excluding steroid dienone is 2. The van der Waals surface area contributed by atoms with Gasteiger partial charge in [0.15, 0.2) is 0 Å². The summed E-state index contributed by atoms with van der Waals surface area (Å²) in [5.41, 5.74) is 0. The first-order valence-corrected chi connectivity index (χ1v) is 10.6. The summed E-state index contributed by atoms with van der Waals surface area (Å²) in [6.07, 6.45) is 28.8. The molecule has 0 amide bonds. The molecule has 0 fully saturated rings. The van der Waals surface area contributed by atoms with E-state index in [2.05, 4.69) is 12.2 Å². The standard InChI is InChI=1S/C22H40O/c23-22-20-18-16-14-12-10-8-6-4-2-1-3-5-7-9-11-13-15-17-19-21-22/h1-2H,3-21H2/b2-1-. The van der Waals surface area contributed by atoms with Crippen molar-refractivity contribution in [3.8, 4) is 0 Å². The van der Waals surface area contributed by atoms with Crippen molar-refractivity contribution in [1.29, 1.82) is 0 Å². The van der Waals surface area contributed by atoms with Gasteiger partial charge in [0, 0.05) is 12.8 Å². The van der Waals surface area contributed by atoms with E-state index >= 15 is 0 Å².